The zero-order chi connectivity index (χ0) is 21.3. The monoisotopic (exact) mass is 438 g/mol. The molecule has 1 aromatic carbocycles. The summed E-state index contributed by atoms with van der Waals surface area (Å²) >= 11 is 1.21. The van der Waals surface area contributed by atoms with Crippen molar-refractivity contribution in [1.29, 1.82) is 0 Å². The zero-order valence-corrected chi connectivity index (χ0v) is 17.5. The van der Waals surface area contributed by atoms with Crippen LogP contribution in [0.3, 0.4) is 0 Å². The Morgan fingerprint density at radius 1 is 1.34 bits per heavy atom. The average molecular weight is 438 g/mol. The number of hydrogen-bond donors (Lipinski definition) is 1. The molecule has 12 heteroatoms. The van der Waals surface area contributed by atoms with Crippen LogP contribution in [-0.2, 0) is 33.2 Å². The summed E-state index contributed by atoms with van der Waals surface area (Å²) < 4.78 is 36.0. The fourth-order valence-corrected chi connectivity index (χ4v) is 3.84. The molecule has 0 spiro atoms. The molecule has 1 unspecified atom stereocenters. The van der Waals surface area contributed by atoms with Gasteiger partial charge in [-0.25, -0.2) is 13.6 Å². The molecule has 1 amide bonds. The second kappa shape index (κ2) is 7.99. The Balaban J connectivity index is 1.91. The molecule has 154 valence electrons. The van der Waals surface area contributed by atoms with E-state index in [0.29, 0.717) is 22.5 Å². The number of benzene rings is 1. The van der Waals surface area contributed by atoms with E-state index in [-0.39, 0.29) is 6.61 Å². The van der Waals surface area contributed by atoms with Gasteiger partial charge in [-0.15, -0.1) is 4.36 Å². The average Bonchev–Trinajstić information content (AvgIpc) is 3.01. The number of nitrogens with zero attached hydrogens (tertiary/aromatic N) is 4. The summed E-state index contributed by atoms with van der Waals surface area (Å²) in [5.74, 6) is -0.852. The summed E-state index contributed by atoms with van der Waals surface area (Å²) in [5, 5.41) is 0.674. The maximum Gasteiger partial charge on any atom is 0.335 e. The third-order valence-electron chi connectivity index (χ3n) is 4.08. The highest BCUT2D eigenvalue weighted by Gasteiger charge is 2.13. The van der Waals surface area contributed by atoms with Gasteiger partial charge in [-0.05, 0) is 36.7 Å². The molecular formula is C17H18N4O6S2. The predicted octanol–water partition coefficient (Wildman–Crippen LogP) is 1.07. The Labute approximate surface area is 169 Å². The van der Waals surface area contributed by atoms with Crippen molar-refractivity contribution in [1.82, 2.24) is 13.5 Å². The first-order chi connectivity index (χ1) is 13.6. The molecule has 0 saturated carbocycles. The van der Waals surface area contributed by atoms with Crippen LogP contribution in [0.4, 0.5) is 0 Å². The van der Waals surface area contributed by atoms with E-state index < -0.39 is 33.8 Å². The van der Waals surface area contributed by atoms with Crippen LogP contribution in [0, 0.1) is 6.92 Å². The summed E-state index contributed by atoms with van der Waals surface area (Å²) in [4.78, 5) is 36.4. The number of carbonyl (C=O) groups excluding carboxylic acids is 1. The van der Waals surface area contributed by atoms with Gasteiger partial charge in [0, 0.05) is 30.4 Å². The number of rotatable bonds is 5. The largest absolute Gasteiger partial charge is 0.365 e. The van der Waals surface area contributed by atoms with Crippen molar-refractivity contribution in [3.05, 3.63) is 56.5 Å². The Bertz CT molecular complexity index is 1340. The van der Waals surface area contributed by atoms with Crippen molar-refractivity contribution in [2.24, 2.45) is 11.4 Å². The van der Waals surface area contributed by atoms with Crippen LogP contribution in [0.15, 0.2) is 38.2 Å². The lowest BCUT2D eigenvalue weighted by Crippen LogP contribution is -2.38. The second-order valence-corrected chi connectivity index (χ2v) is 8.86. The number of carbonyl (C=O) groups is 1. The van der Waals surface area contributed by atoms with Gasteiger partial charge in [-0.2, -0.15) is 4.37 Å². The second-order valence-electron chi connectivity index (χ2n) is 6.35. The maximum absolute atomic E-state index is 12.5. The lowest BCUT2D eigenvalue weighted by molar-refractivity contribution is -0.122. The molecule has 10 nitrogen and oxygen atoms in total. The molecule has 29 heavy (non-hydrogen) atoms. The van der Waals surface area contributed by atoms with E-state index in [4.69, 9.17) is 9.29 Å². The number of hydrogen-bond acceptors (Lipinski definition) is 7. The van der Waals surface area contributed by atoms with E-state index in [1.54, 1.807) is 32.2 Å². The Morgan fingerprint density at radius 2 is 2.07 bits per heavy atom. The zero-order valence-electron chi connectivity index (χ0n) is 15.8. The predicted molar refractivity (Wildman–Crippen MR) is 109 cm³/mol. The molecule has 0 aliphatic heterocycles. The van der Waals surface area contributed by atoms with E-state index in [1.807, 2.05) is 0 Å². The summed E-state index contributed by atoms with van der Waals surface area (Å²) in [6.45, 7) is 1.17. The molecule has 2 heterocycles. The van der Waals surface area contributed by atoms with Crippen LogP contribution in [-0.4, -0.2) is 41.0 Å². The minimum atomic E-state index is -3.53. The normalized spacial score (nSPS) is 13.4. The van der Waals surface area contributed by atoms with E-state index in [0.717, 1.165) is 15.5 Å². The van der Waals surface area contributed by atoms with Gasteiger partial charge < -0.3 is 13.9 Å². The van der Waals surface area contributed by atoms with Crippen molar-refractivity contribution in [3.63, 3.8) is 0 Å². The highest BCUT2D eigenvalue weighted by atomic mass is 32.2. The molecule has 0 saturated heterocycles. The smallest absolute Gasteiger partial charge is 0.335 e. The standard InChI is InChI=1S/C17H18N4O6S2/c1-10-6-16(23)21(17(24)20(10)2)11-4-5-14-12(7-11)13(18-28-14)8-27-9-15(22)19-29(3,25)26/h4-7H,8-9H2,1-3H3,(H,19,22,25,26). The molecule has 1 atom stereocenters. The quantitative estimate of drug-likeness (QED) is 0.630. The van der Waals surface area contributed by atoms with Crippen molar-refractivity contribution < 1.29 is 18.3 Å². The molecule has 3 aromatic rings. The van der Waals surface area contributed by atoms with Gasteiger partial charge in [0.1, 0.15) is 6.61 Å². The third kappa shape index (κ3) is 4.67. The molecule has 0 bridgehead atoms. The first-order valence-corrected chi connectivity index (χ1v) is 11.0. The first kappa shape index (κ1) is 21.0. The minimum absolute atomic E-state index is 0.0398. The maximum atomic E-state index is 12.5. The van der Waals surface area contributed by atoms with Gasteiger partial charge in [0.05, 0.1) is 22.7 Å². The SMILES string of the molecule is Cc1cc(=O)n(-c2ccc3snc(COCC(=O)N=S(C)(=O)O)c3c2)c(=O)n1C. The van der Waals surface area contributed by atoms with Crippen LogP contribution < -0.4 is 11.2 Å². The fourth-order valence-electron chi connectivity index (χ4n) is 2.64. The van der Waals surface area contributed by atoms with Gasteiger partial charge >= 0.3 is 5.69 Å². The van der Waals surface area contributed by atoms with Crippen LogP contribution >= 0.6 is 11.5 Å². The van der Waals surface area contributed by atoms with Crippen molar-refractivity contribution in [2.45, 2.75) is 13.5 Å². The fraction of sp³-hybridized carbons (Fsp3) is 0.294. The molecule has 1 N–H and O–H groups in total. The third-order valence-corrected chi connectivity index (χ3v) is 5.49. The number of ether oxygens (including phenoxy) is 1. The van der Waals surface area contributed by atoms with Crippen LogP contribution in [0.2, 0.25) is 0 Å². The highest BCUT2D eigenvalue weighted by Crippen LogP contribution is 2.25. The first-order valence-electron chi connectivity index (χ1n) is 8.30. The lowest BCUT2D eigenvalue weighted by Gasteiger charge is -2.09. The van der Waals surface area contributed by atoms with E-state index in [2.05, 4.69) is 8.74 Å². The van der Waals surface area contributed by atoms with Gasteiger partial charge in [-0.3, -0.25) is 9.59 Å². The minimum Gasteiger partial charge on any atom is -0.365 e. The summed E-state index contributed by atoms with van der Waals surface area (Å²) in [6, 6.07) is 6.44. The van der Waals surface area contributed by atoms with Crippen LogP contribution in [0.25, 0.3) is 15.8 Å². The summed E-state index contributed by atoms with van der Waals surface area (Å²) in [5.41, 5.74) is 0.553. The number of fused-ring (bicyclic) bond motifs is 1. The Morgan fingerprint density at radius 3 is 2.76 bits per heavy atom. The molecular weight excluding hydrogens is 420 g/mol. The summed E-state index contributed by atoms with van der Waals surface area (Å²) in [7, 11) is -1.94. The topological polar surface area (TPSA) is 133 Å². The summed E-state index contributed by atoms with van der Waals surface area (Å²) in [6.07, 6.45) is 0.928. The van der Waals surface area contributed by atoms with E-state index in [9.17, 15) is 18.6 Å². The molecule has 0 fully saturated rings. The molecule has 0 aliphatic rings. The van der Waals surface area contributed by atoms with E-state index in [1.165, 1.54) is 22.2 Å². The Kier molecular flexibility index (Phi) is 5.80. The van der Waals surface area contributed by atoms with Crippen molar-refractivity contribution in [2.75, 3.05) is 12.9 Å². The van der Waals surface area contributed by atoms with Gasteiger partial charge in [0.25, 0.3) is 11.5 Å². The van der Waals surface area contributed by atoms with E-state index >= 15 is 0 Å². The number of aryl methyl sites for hydroxylation is 1. The molecule has 0 aliphatic carbocycles. The number of amides is 1. The Hall–Kier alpha value is -2.67. The highest BCUT2D eigenvalue weighted by molar-refractivity contribution is 7.87. The number of aromatic nitrogens is 3. The molecule has 3 rings (SSSR count). The molecule has 0 radical (unpaired) electrons. The van der Waals surface area contributed by atoms with Gasteiger partial charge in [-0.1, -0.05) is 0 Å². The lowest BCUT2D eigenvalue weighted by atomic mass is 10.2. The van der Waals surface area contributed by atoms with Crippen LogP contribution in [0.1, 0.15) is 11.4 Å². The van der Waals surface area contributed by atoms with Crippen molar-refractivity contribution >= 4 is 37.5 Å². The van der Waals surface area contributed by atoms with Crippen LogP contribution in [0.5, 0.6) is 0 Å². The van der Waals surface area contributed by atoms with Gasteiger partial charge in [0.2, 0.25) is 0 Å². The molecule has 2 aromatic heterocycles. The van der Waals surface area contributed by atoms with Gasteiger partial charge in [0.15, 0.2) is 10.0 Å². The van der Waals surface area contributed by atoms with Crippen molar-refractivity contribution in [3.8, 4) is 5.69 Å².